The highest BCUT2D eigenvalue weighted by Crippen LogP contribution is 2.31. The molecule has 1 aliphatic rings. The lowest BCUT2D eigenvalue weighted by atomic mass is 10.1. The predicted molar refractivity (Wildman–Crippen MR) is 230 cm³/mol. The van der Waals surface area contributed by atoms with Crippen molar-refractivity contribution in [3.8, 4) is 6.07 Å². The number of alkyl halides is 2. The van der Waals surface area contributed by atoms with Crippen LogP contribution >= 0.6 is 0 Å². The van der Waals surface area contributed by atoms with Crippen LogP contribution in [0.25, 0.3) is 10.9 Å². The number of hydrogen-bond acceptors (Lipinski definition) is 13. The average molecular weight is 968 g/mol. The summed E-state index contributed by atoms with van der Waals surface area (Å²) in [6.07, 6.45) is -1.89. The Labute approximate surface area is 389 Å². The predicted octanol–water partition coefficient (Wildman–Crippen LogP) is 0.846. The number of carboxylic acids is 3. The number of aromatic nitrogens is 2. The number of hydrogen-bond donors (Lipinski definition) is 9. The first kappa shape index (κ1) is 53.4. The average Bonchev–Trinajstić information content (AvgIpc) is 3.63. The molecule has 69 heavy (non-hydrogen) atoms. The molecule has 26 heteroatoms. The van der Waals surface area contributed by atoms with E-state index in [-0.39, 0.29) is 53.5 Å². The summed E-state index contributed by atoms with van der Waals surface area (Å²) in [6.45, 7) is -1.60. The topological polar surface area (TPSA) is 356 Å². The zero-order valence-corrected chi connectivity index (χ0v) is 36.5. The van der Waals surface area contributed by atoms with E-state index < -0.39 is 153 Å². The number of carbonyl (C=O) groups is 10. The summed E-state index contributed by atoms with van der Waals surface area (Å²) in [5.41, 5.74) is 0.253. The van der Waals surface area contributed by atoms with Crippen molar-refractivity contribution in [2.45, 2.75) is 94.3 Å². The van der Waals surface area contributed by atoms with Crippen LogP contribution < -0.4 is 31.9 Å². The van der Waals surface area contributed by atoms with E-state index in [0.717, 1.165) is 12.3 Å². The van der Waals surface area contributed by atoms with Crippen LogP contribution in [0.1, 0.15) is 84.9 Å². The summed E-state index contributed by atoms with van der Waals surface area (Å²) < 4.78 is 40.7. The van der Waals surface area contributed by atoms with E-state index in [1.807, 2.05) is 0 Å². The fourth-order valence-corrected chi connectivity index (χ4v) is 6.89. The van der Waals surface area contributed by atoms with Gasteiger partial charge in [0.05, 0.1) is 41.5 Å². The first-order chi connectivity index (χ1) is 32.7. The number of anilines is 1. The number of carbonyl (C=O) groups excluding carboxylic acids is 7. The van der Waals surface area contributed by atoms with Gasteiger partial charge in [-0.1, -0.05) is 12.1 Å². The highest BCUT2D eigenvalue weighted by molar-refractivity contribution is 6.11. The Bertz CT molecular complexity index is 2490. The van der Waals surface area contributed by atoms with Crippen molar-refractivity contribution in [1.29, 1.82) is 5.26 Å². The molecule has 0 bridgehead atoms. The second-order valence-electron chi connectivity index (χ2n) is 15.6. The number of para-hydroxylation sites is 1. The number of nitriles is 1. The van der Waals surface area contributed by atoms with Crippen LogP contribution in [-0.4, -0.2) is 139 Å². The summed E-state index contributed by atoms with van der Waals surface area (Å²) in [6, 6.07) is 3.29. The van der Waals surface area contributed by atoms with E-state index in [1.165, 1.54) is 36.5 Å². The summed E-state index contributed by atoms with van der Waals surface area (Å²) in [4.78, 5) is 134. The van der Waals surface area contributed by atoms with Crippen LogP contribution in [0.2, 0.25) is 0 Å². The van der Waals surface area contributed by atoms with Gasteiger partial charge in [0.1, 0.15) is 24.2 Å². The number of pyridine rings is 2. The molecule has 4 atom stereocenters. The molecule has 9 N–H and O–H groups in total. The smallest absolute Gasteiger partial charge is 0.326 e. The fourth-order valence-electron chi connectivity index (χ4n) is 6.89. The van der Waals surface area contributed by atoms with E-state index in [9.17, 15) is 81.7 Å². The first-order valence-corrected chi connectivity index (χ1v) is 21.2. The summed E-state index contributed by atoms with van der Waals surface area (Å²) in [5, 5.41) is 52.0. The molecule has 1 fully saturated rings. The van der Waals surface area contributed by atoms with Gasteiger partial charge in [0.2, 0.25) is 35.5 Å². The van der Waals surface area contributed by atoms with Gasteiger partial charge in [0.25, 0.3) is 17.7 Å². The molecule has 368 valence electrons. The Balaban J connectivity index is 1.33. The largest absolute Gasteiger partial charge is 0.481 e. The van der Waals surface area contributed by atoms with Crippen LogP contribution in [-0.2, 0) is 38.4 Å². The van der Waals surface area contributed by atoms with E-state index in [0.29, 0.717) is 4.90 Å². The number of fused-ring (bicyclic) bond motifs is 1. The Hall–Kier alpha value is -8.24. The third-order valence-electron chi connectivity index (χ3n) is 10.4. The van der Waals surface area contributed by atoms with E-state index in [2.05, 4.69) is 41.9 Å². The number of amides is 7. The fraction of sp³-hybridized carbons (Fsp3) is 0.419. The van der Waals surface area contributed by atoms with E-state index in [4.69, 9.17) is 0 Å². The van der Waals surface area contributed by atoms with Gasteiger partial charge in [0.15, 0.2) is 0 Å². The maximum absolute atomic E-state index is 13.8. The quantitative estimate of drug-likeness (QED) is 0.0420. The first-order valence-electron chi connectivity index (χ1n) is 21.2. The van der Waals surface area contributed by atoms with Crippen molar-refractivity contribution in [2.75, 3.05) is 25.0 Å². The molecule has 0 spiro atoms. The molecular weight excluding hydrogens is 921 g/mol. The van der Waals surface area contributed by atoms with Crippen molar-refractivity contribution in [2.24, 2.45) is 0 Å². The number of unbranched alkanes of at least 4 members (excludes halogenated alkanes) is 1. The number of benzene rings is 1. The van der Waals surface area contributed by atoms with E-state index >= 15 is 0 Å². The number of carboxylic acid groups (broad SMARTS) is 3. The lowest BCUT2D eigenvalue weighted by Crippen LogP contribution is -2.56. The minimum atomic E-state index is -3.26. The Kier molecular flexibility index (Phi) is 19.4. The second kappa shape index (κ2) is 25.0. The lowest BCUT2D eigenvalue weighted by Gasteiger charge is -2.24. The van der Waals surface area contributed by atoms with Gasteiger partial charge >= 0.3 is 17.9 Å². The van der Waals surface area contributed by atoms with Crippen LogP contribution in [0.4, 0.5) is 18.9 Å². The number of nitrogens with zero attached hydrogens (tertiary/aromatic N) is 4. The van der Waals surface area contributed by atoms with Gasteiger partial charge in [-0.25, -0.2) is 18.6 Å². The van der Waals surface area contributed by atoms with E-state index in [1.54, 1.807) is 6.07 Å². The number of likely N-dealkylation sites (tertiary alicyclic amines) is 1. The summed E-state index contributed by atoms with van der Waals surface area (Å²) in [5.74, 6) is -14.5. The molecule has 3 heterocycles. The Morgan fingerprint density at radius 3 is 2.04 bits per heavy atom. The molecular formula is C43H47F3N10O13. The molecule has 0 saturated carbocycles. The van der Waals surface area contributed by atoms with Gasteiger partial charge in [-0.05, 0) is 56.4 Å². The molecule has 2 aromatic heterocycles. The minimum absolute atomic E-state index is 0.0137. The molecule has 1 aromatic carbocycles. The van der Waals surface area contributed by atoms with Crippen LogP contribution in [0.15, 0.2) is 48.8 Å². The molecule has 0 unspecified atom stereocenters. The van der Waals surface area contributed by atoms with Crippen LogP contribution in [0.5, 0.6) is 0 Å². The minimum Gasteiger partial charge on any atom is -0.481 e. The molecule has 0 radical (unpaired) electrons. The van der Waals surface area contributed by atoms with Crippen molar-refractivity contribution in [1.82, 2.24) is 41.5 Å². The number of nitrogens with one attached hydrogen (secondary N) is 6. The molecule has 0 aliphatic carbocycles. The SMILES string of the molecule is N#C[C@@H]1CC(F)(F)CN1C(=O)CNC(=O)c1ccnc2c(NC(=O)CCC(=O)N[C@H](CCC(=O)O)C(=O)N[C@H](CCC(=O)O)C(=O)N[C@@H](CCCCNC(=O)c3ccc([18F])nc3)C(=O)O)cccc12. The lowest BCUT2D eigenvalue weighted by molar-refractivity contribution is -0.143. The maximum Gasteiger partial charge on any atom is 0.326 e. The maximum atomic E-state index is 13.8. The normalized spacial score (nSPS) is 15.0. The molecule has 7 amide bonds. The zero-order valence-electron chi connectivity index (χ0n) is 36.5. The standard InChI is InChI=1S/C43H47F3N10O13/c44-31-10-7-23(20-50-31)38(64)49-16-2-1-5-30(42(68)69)55-41(67)29(9-14-36(62)63)54-40(66)28(8-13-35(60)61)53-33(58)12-11-32(57)52-27-6-3-4-25-26(15-17-48-37(25)27)39(65)51-21-34(59)56-22-43(45,46)18-24(56)19-47/h3-4,6-7,10,15,17,20,24,28-30H,1-2,5,8-9,11-14,16,18,21-22H2,(H,49,64)(H,51,65)(H,52,57)(H,53,58)(H,54,66)(H,55,67)(H,60,61)(H,62,63)(H,68,69)/t24-,28+,29+,30-/m0/s1/i44-1. The van der Waals surface area contributed by atoms with Gasteiger partial charge in [-0.2, -0.15) is 9.65 Å². The molecule has 23 nitrogen and oxygen atoms in total. The van der Waals surface area contributed by atoms with Gasteiger partial charge in [0, 0.05) is 56.4 Å². The van der Waals surface area contributed by atoms with Crippen molar-refractivity contribution < 1.29 is 76.4 Å². The third kappa shape index (κ3) is 16.5. The molecule has 3 aromatic rings. The van der Waals surface area contributed by atoms with Crippen molar-refractivity contribution >= 4 is 75.8 Å². The van der Waals surface area contributed by atoms with Gasteiger partial charge < -0.3 is 52.1 Å². The molecule has 4 rings (SSSR count). The second-order valence-corrected chi connectivity index (χ2v) is 15.6. The number of halogens is 3. The monoisotopic (exact) mass is 967 g/mol. The van der Waals surface area contributed by atoms with Gasteiger partial charge in [-0.3, -0.25) is 48.1 Å². The highest BCUT2D eigenvalue weighted by Gasteiger charge is 2.47. The summed E-state index contributed by atoms with van der Waals surface area (Å²) in [7, 11) is 0. The third-order valence-corrected chi connectivity index (χ3v) is 10.4. The Morgan fingerprint density at radius 1 is 0.768 bits per heavy atom. The number of aliphatic carboxylic acids is 3. The van der Waals surface area contributed by atoms with Gasteiger partial charge in [-0.15, -0.1) is 0 Å². The van der Waals surface area contributed by atoms with Crippen LogP contribution in [0.3, 0.4) is 0 Å². The molecule has 1 aliphatic heterocycles. The van der Waals surface area contributed by atoms with Crippen molar-refractivity contribution in [3.63, 3.8) is 0 Å². The van der Waals surface area contributed by atoms with Crippen LogP contribution in [0, 0.1) is 17.3 Å². The zero-order chi connectivity index (χ0) is 50.8. The summed E-state index contributed by atoms with van der Waals surface area (Å²) >= 11 is 0. The highest BCUT2D eigenvalue weighted by atomic mass is 19.3. The molecule has 1 saturated heterocycles. The number of rotatable bonds is 25. The Morgan fingerprint density at radius 2 is 1.42 bits per heavy atom. The van der Waals surface area contributed by atoms with Crippen molar-refractivity contribution in [3.05, 3.63) is 65.9 Å².